The lowest BCUT2D eigenvalue weighted by molar-refractivity contribution is 0.0991. The molecule has 1 aromatic rings. The lowest BCUT2D eigenvalue weighted by Crippen LogP contribution is -2.54. The summed E-state index contributed by atoms with van der Waals surface area (Å²) in [5.74, 6) is 1.97. The highest BCUT2D eigenvalue weighted by atomic mass is 19.1. The molecule has 1 saturated carbocycles. The van der Waals surface area contributed by atoms with Crippen molar-refractivity contribution in [1.29, 1.82) is 0 Å². The van der Waals surface area contributed by atoms with Gasteiger partial charge in [0.1, 0.15) is 5.82 Å². The number of hydrogen-bond acceptors (Lipinski definition) is 1. The predicted molar refractivity (Wildman–Crippen MR) is 63.0 cm³/mol. The van der Waals surface area contributed by atoms with Crippen LogP contribution < -0.4 is 5.32 Å². The van der Waals surface area contributed by atoms with Gasteiger partial charge in [-0.3, -0.25) is 0 Å². The Balaban J connectivity index is 1.89. The van der Waals surface area contributed by atoms with Crippen molar-refractivity contribution in [2.75, 3.05) is 6.54 Å². The second kappa shape index (κ2) is 3.56. The maximum absolute atomic E-state index is 13.2. The van der Waals surface area contributed by atoms with Crippen molar-refractivity contribution < 1.29 is 4.39 Å². The van der Waals surface area contributed by atoms with E-state index < -0.39 is 0 Å². The topological polar surface area (TPSA) is 12.0 Å². The molecular weight excluding hydrogens is 201 g/mol. The Hall–Kier alpha value is -0.890. The molecule has 4 atom stereocenters. The molecular formula is C14H18FN. The van der Waals surface area contributed by atoms with Gasteiger partial charge < -0.3 is 5.32 Å². The van der Waals surface area contributed by atoms with Crippen LogP contribution in [0.25, 0.3) is 0 Å². The summed E-state index contributed by atoms with van der Waals surface area (Å²) in [6, 6.07) is 5.96. The third-order valence-corrected chi connectivity index (χ3v) is 4.42. The summed E-state index contributed by atoms with van der Waals surface area (Å²) in [4.78, 5) is 0. The highest BCUT2D eigenvalue weighted by Gasteiger charge is 2.51. The molecule has 1 fully saturated rings. The third kappa shape index (κ3) is 1.26. The van der Waals surface area contributed by atoms with E-state index in [1.54, 1.807) is 12.1 Å². The molecule has 0 amide bonds. The Kier molecular flexibility index (Phi) is 2.28. The molecule has 1 N–H and O–H groups in total. The summed E-state index contributed by atoms with van der Waals surface area (Å²) in [5, 5.41) is 3.56. The first-order valence-electron chi connectivity index (χ1n) is 6.24. The lowest BCUT2D eigenvalue weighted by atomic mass is 9.62. The smallest absolute Gasteiger partial charge is 0.123 e. The Morgan fingerprint density at radius 2 is 2.25 bits per heavy atom. The minimum absolute atomic E-state index is 0.0901. The van der Waals surface area contributed by atoms with E-state index in [2.05, 4.69) is 19.2 Å². The van der Waals surface area contributed by atoms with Gasteiger partial charge in [-0.2, -0.15) is 0 Å². The van der Waals surface area contributed by atoms with E-state index in [0.29, 0.717) is 23.8 Å². The van der Waals surface area contributed by atoms with Crippen molar-refractivity contribution in [3.8, 4) is 0 Å². The summed E-state index contributed by atoms with van der Waals surface area (Å²) in [6.07, 6.45) is 1.06. The normalized spacial score (nSPS) is 35.4. The van der Waals surface area contributed by atoms with Gasteiger partial charge in [0.15, 0.2) is 0 Å². The van der Waals surface area contributed by atoms with Gasteiger partial charge in [-0.1, -0.05) is 19.9 Å². The van der Waals surface area contributed by atoms with Gasteiger partial charge in [0.2, 0.25) is 0 Å². The number of hydrogen-bond donors (Lipinski definition) is 1. The van der Waals surface area contributed by atoms with E-state index in [4.69, 9.17) is 0 Å². The van der Waals surface area contributed by atoms with E-state index >= 15 is 0 Å². The van der Waals surface area contributed by atoms with Crippen LogP contribution in [-0.4, -0.2) is 12.6 Å². The highest BCUT2D eigenvalue weighted by molar-refractivity contribution is 5.41. The van der Waals surface area contributed by atoms with Gasteiger partial charge in [0, 0.05) is 6.04 Å². The molecule has 4 unspecified atom stereocenters. The van der Waals surface area contributed by atoms with Crippen LogP contribution >= 0.6 is 0 Å². The highest BCUT2D eigenvalue weighted by Crippen LogP contribution is 2.54. The van der Waals surface area contributed by atoms with Crippen molar-refractivity contribution in [2.45, 2.75) is 32.2 Å². The van der Waals surface area contributed by atoms with Crippen molar-refractivity contribution in [3.05, 3.63) is 35.1 Å². The zero-order chi connectivity index (χ0) is 11.3. The number of nitrogens with one attached hydrogen (secondary N) is 1. The van der Waals surface area contributed by atoms with E-state index in [0.717, 1.165) is 13.0 Å². The predicted octanol–water partition coefficient (Wildman–Crippen LogP) is 2.71. The van der Waals surface area contributed by atoms with Crippen molar-refractivity contribution >= 4 is 0 Å². The van der Waals surface area contributed by atoms with Gasteiger partial charge in [0.25, 0.3) is 0 Å². The minimum atomic E-state index is -0.0901. The average Bonchev–Trinajstić information content (AvgIpc) is 2.60. The molecule has 0 aliphatic heterocycles. The van der Waals surface area contributed by atoms with Gasteiger partial charge in [0.05, 0.1) is 0 Å². The summed E-state index contributed by atoms with van der Waals surface area (Å²) in [7, 11) is 0. The van der Waals surface area contributed by atoms with Crippen LogP contribution in [0.4, 0.5) is 4.39 Å². The second-order valence-corrected chi connectivity index (χ2v) is 5.18. The summed E-state index contributed by atoms with van der Waals surface area (Å²) in [5.41, 5.74) is 2.63. The van der Waals surface area contributed by atoms with Gasteiger partial charge >= 0.3 is 0 Å². The van der Waals surface area contributed by atoms with Crippen LogP contribution in [0, 0.1) is 17.7 Å². The number of rotatable bonds is 2. The monoisotopic (exact) mass is 219 g/mol. The molecule has 0 aromatic heterocycles. The third-order valence-electron chi connectivity index (χ3n) is 4.42. The van der Waals surface area contributed by atoms with Crippen LogP contribution in [-0.2, 0) is 6.42 Å². The first kappa shape index (κ1) is 10.3. The average molecular weight is 219 g/mol. The van der Waals surface area contributed by atoms with Crippen molar-refractivity contribution in [2.24, 2.45) is 11.8 Å². The fourth-order valence-electron chi connectivity index (χ4n) is 3.75. The Bertz CT molecular complexity index is 415. The molecule has 2 heteroatoms. The standard InChI is InChI=1S/C14H18FN/c1-3-16-14-8(2)13-11-5-4-10(15)6-9(11)7-12(13)14/h4-6,8,12-14,16H,3,7H2,1-2H3. The SMILES string of the molecule is CCNC1C(C)C2c3ccc(F)cc3CC12. The fraction of sp³-hybridized carbons (Fsp3) is 0.571. The minimum Gasteiger partial charge on any atom is -0.314 e. The molecule has 1 aromatic carbocycles. The zero-order valence-corrected chi connectivity index (χ0v) is 9.83. The molecule has 2 aliphatic rings. The van der Waals surface area contributed by atoms with E-state index in [1.165, 1.54) is 11.1 Å². The van der Waals surface area contributed by atoms with Crippen LogP contribution in [0.3, 0.4) is 0 Å². The zero-order valence-electron chi connectivity index (χ0n) is 9.83. The summed E-state index contributed by atoms with van der Waals surface area (Å²) < 4.78 is 13.2. The molecule has 2 aliphatic carbocycles. The van der Waals surface area contributed by atoms with E-state index in [-0.39, 0.29) is 5.82 Å². The molecule has 86 valence electrons. The maximum Gasteiger partial charge on any atom is 0.123 e. The Morgan fingerprint density at radius 1 is 1.44 bits per heavy atom. The molecule has 0 spiro atoms. The summed E-state index contributed by atoms with van der Waals surface area (Å²) in [6.45, 7) is 5.50. The van der Waals surface area contributed by atoms with Crippen LogP contribution in [0.1, 0.15) is 30.9 Å². The molecule has 16 heavy (non-hydrogen) atoms. The molecule has 1 nitrogen and oxygen atoms in total. The van der Waals surface area contributed by atoms with Gasteiger partial charge in [-0.15, -0.1) is 0 Å². The van der Waals surface area contributed by atoms with Crippen LogP contribution in [0.5, 0.6) is 0 Å². The van der Waals surface area contributed by atoms with Crippen LogP contribution in [0.2, 0.25) is 0 Å². The number of halogens is 1. The number of benzene rings is 1. The Morgan fingerprint density at radius 3 is 3.00 bits per heavy atom. The molecule has 0 bridgehead atoms. The van der Waals surface area contributed by atoms with E-state index in [9.17, 15) is 4.39 Å². The van der Waals surface area contributed by atoms with Crippen LogP contribution in [0.15, 0.2) is 18.2 Å². The van der Waals surface area contributed by atoms with Gasteiger partial charge in [-0.25, -0.2) is 4.39 Å². The fourth-order valence-corrected chi connectivity index (χ4v) is 3.75. The second-order valence-electron chi connectivity index (χ2n) is 5.18. The van der Waals surface area contributed by atoms with Crippen molar-refractivity contribution in [1.82, 2.24) is 5.32 Å². The molecule has 3 rings (SSSR count). The first-order valence-corrected chi connectivity index (χ1v) is 6.24. The Labute approximate surface area is 96.1 Å². The number of fused-ring (bicyclic) bond motifs is 3. The summed E-state index contributed by atoms with van der Waals surface area (Å²) >= 11 is 0. The quantitative estimate of drug-likeness (QED) is 0.806. The van der Waals surface area contributed by atoms with E-state index in [1.807, 2.05) is 6.07 Å². The maximum atomic E-state index is 13.2. The van der Waals surface area contributed by atoms with Crippen molar-refractivity contribution in [3.63, 3.8) is 0 Å². The molecule has 0 radical (unpaired) electrons. The van der Waals surface area contributed by atoms with Gasteiger partial charge in [-0.05, 0) is 54.0 Å². The largest absolute Gasteiger partial charge is 0.314 e. The lowest BCUT2D eigenvalue weighted by Gasteiger charge is -2.48. The molecule has 0 saturated heterocycles. The molecule has 0 heterocycles. The first-order chi connectivity index (χ1) is 7.72.